The van der Waals surface area contributed by atoms with Gasteiger partial charge in [0.1, 0.15) is 0 Å². The van der Waals surface area contributed by atoms with Gasteiger partial charge in [0.2, 0.25) is 10.0 Å². The maximum absolute atomic E-state index is 12.8. The van der Waals surface area contributed by atoms with Crippen molar-refractivity contribution in [3.63, 3.8) is 0 Å². The molecule has 0 saturated heterocycles. The minimum absolute atomic E-state index is 0.0226. The van der Waals surface area contributed by atoms with Crippen molar-refractivity contribution in [2.45, 2.75) is 72.8 Å². The highest BCUT2D eigenvalue weighted by Crippen LogP contribution is 2.29. The summed E-state index contributed by atoms with van der Waals surface area (Å²) in [4.78, 5) is 0. The first-order valence-corrected chi connectivity index (χ1v) is 9.40. The summed E-state index contributed by atoms with van der Waals surface area (Å²) in [6.45, 7) is 13.2. The number of hydrogen-bond acceptors (Lipinski definition) is 3. The summed E-state index contributed by atoms with van der Waals surface area (Å²) in [5, 5.41) is 0. The monoisotopic (exact) mass is 306 g/mol. The van der Waals surface area contributed by atoms with Crippen molar-refractivity contribution < 1.29 is 8.42 Å². The molecule has 0 aromatic carbocycles. The van der Waals surface area contributed by atoms with Gasteiger partial charge in [0.15, 0.2) is 0 Å². The largest absolute Gasteiger partial charge is 0.329 e. The maximum Gasteiger partial charge on any atom is 0.214 e. The van der Waals surface area contributed by atoms with Gasteiger partial charge in [0.05, 0.1) is 5.75 Å². The molecule has 0 amide bonds. The molecular formula is C15H34N2O2S. The molecule has 0 heterocycles. The minimum atomic E-state index is -3.26. The Kier molecular flexibility index (Phi) is 7.71. The van der Waals surface area contributed by atoms with E-state index in [1.165, 1.54) is 0 Å². The van der Waals surface area contributed by atoms with Crippen LogP contribution in [0.15, 0.2) is 0 Å². The van der Waals surface area contributed by atoms with Crippen molar-refractivity contribution in [3.8, 4) is 0 Å². The third-order valence-electron chi connectivity index (χ3n) is 4.10. The number of nitrogens with zero attached hydrogens (tertiary/aromatic N) is 1. The predicted molar refractivity (Wildman–Crippen MR) is 87.2 cm³/mol. The highest BCUT2D eigenvalue weighted by molar-refractivity contribution is 7.89. The van der Waals surface area contributed by atoms with Crippen LogP contribution in [0.25, 0.3) is 0 Å². The van der Waals surface area contributed by atoms with E-state index in [0.29, 0.717) is 19.5 Å². The third-order valence-corrected chi connectivity index (χ3v) is 6.06. The Morgan fingerprint density at radius 2 is 1.55 bits per heavy atom. The molecule has 0 rings (SSSR count). The predicted octanol–water partition coefficient (Wildman–Crippen LogP) is 2.98. The molecule has 0 saturated carbocycles. The van der Waals surface area contributed by atoms with Gasteiger partial charge >= 0.3 is 0 Å². The third kappa shape index (κ3) is 5.34. The van der Waals surface area contributed by atoms with Crippen LogP contribution < -0.4 is 5.73 Å². The summed E-state index contributed by atoms with van der Waals surface area (Å²) in [7, 11) is -3.26. The first kappa shape index (κ1) is 19.9. The van der Waals surface area contributed by atoms with Gasteiger partial charge in [0, 0.05) is 18.6 Å². The molecule has 20 heavy (non-hydrogen) atoms. The van der Waals surface area contributed by atoms with E-state index < -0.39 is 15.6 Å². The van der Waals surface area contributed by atoms with E-state index >= 15 is 0 Å². The number of nitrogens with two attached hydrogens (primary N) is 1. The van der Waals surface area contributed by atoms with Crippen LogP contribution in [0, 0.1) is 5.41 Å². The van der Waals surface area contributed by atoms with Crippen molar-refractivity contribution in [2.24, 2.45) is 11.1 Å². The topological polar surface area (TPSA) is 63.4 Å². The van der Waals surface area contributed by atoms with Gasteiger partial charge in [-0.15, -0.1) is 0 Å². The average molecular weight is 307 g/mol. The second kappa shape index (κ2) is 7.76. The van der Waals surface area contributed by atoms with E-state index in [-0.39, 0.29) is 11.2 Å². The molecule has 0 aromatic heterocycles. The Labute approximate surface area is 126 Å². The van der Waals surface area contributed by atoms with Gasteiger partial charge in [-0.3, -0.25) is 0 Å². The summed E-state index contributed by atoms with van der Waals surface area (Å²) in [5.41, 5.74) is 5.53. The van der Waals surface area contributed by atoms with Crippen LogP contribution in [0.3, 0.4) is 0 Å². The Morgan fingerprint density at radius 3 is 1.85 bits per heavy atom. The molecule has 2 N–H and O–H groups in total. The number of sulfonamides is 1. The fourth-order valence-electron chi connectivity index (χ4n) is 2.41. The van der Waals surface area contributed by atoms with Gasteiger partial charge in [-0.05, 0) is 31.1 Å². The van der Waals surface area contributed by atoms with Crippen LogP contribution in [0.2, 0.25) is 0 Å². The molecule has 0 aliphatic carbocycles. The van der Waals surface area contributed by atoms with Crippen LogP contribution in [-0.2, 0) is 10.0 Å². The van der Waals surface area contributed by atoms with Crippen LogP contribution in [0.5, 0.6) is 0 Å². The molecule has 0 spiro atoms. The number of hydrogen-bond donors (Lipinski definition) is 1. The highest BCUT2D eigenvalue weighted by Gasteiger charge is 2.39. The number of rotatable bonds is 9. The van der Waals surface area contributed by atoms with Crippen molar-refractivity contribution in [1.29, 1.82) is 0 Å². The lowest BCUT2D eigenvalue weighted by Crippen LogP contribution is -2.56. The van der Waals surface area contributed by atoms with E-state index in [2.05, 4.69) is 20.8 Å². The quantitative estimate of drug-likeness (QED) is 0.712. The molecule has 0 aliphatic heterocycles. The normalized spacial score (nSPS) is 14.0. The van der Waals surface area contributed by atoms with Gasteiger partial charge in [0.25, 0.3) is 0 Å². The summed E-state index contributed by atoms with van der Waals surface area (Å²) in [6.07, 6.45) is 3.00. The molecule has 0 bridgehead atoms. The van der Waals surface area contributed by atoms with Crippen molar-refractivity contribution in [3.05, 3.63) is 0 Å². The van der Waals surface area contributed by atoms with Crippen molar-refractivity contribution >= 4 is 10.0 Å². The molecule has 122 valence electrons. The van der Waals surface area contributed by atoms with Crippen molar-refractivity contribution in [1.82, 2.24) is 4.31 Å². The zero-order chi connectivity index (χ0) is 16.0. The zero-order valence-electron chi connectivity index (χ0n) is 14.2. The standard InChI is InChI=1S/C15H34N2O2S/c1-7-11-17(15(8-2,9-3)13-16)20(18,19)12-10-14(4,5)6/h7-13,16H2,1-6H3. The SMILES string of the molecule is CCCN(C(CC)(CC)CN)S(=O)(=O)CCC(C)(C)C. The lowest BCUT2D eigenvalue weighted by Gasteiger charge is -2.41. The van der Waals surface area contributed by atoms with E-state index in [9.17, 15) is 8.42 Å². The van der Waals surface area contributed by atoms with E-state index in [0.717, 1.165) is 19.3 Å². The van der Waals surface area contributed by atoms with Crippen LogP contribution >= 0.6 is 0 Å². The molecule has 0 radical (unpaired) electrons. The van der Waals surface area contributed by atoms with Gasteiger partial charge in [-0.2, -0.15) is 4.31 Å². The molecule has 4 nitrogen and oxygen atoms in total. The van der Waals surface area contributed by atoms with Crippen LogP contribution in [0.1, 0.15) is 67.2 Å². The van der Waals surface area contributed by atoms with E-state index in [1.54, 1.807) is 4.31 Å². The summed E-state index contributed by atoms with van der Waals surface area (Å²) < 4.78 is 27.2. The summed E-state index contributed by atoms with van der Waals surface area (Å²) in [5.74, 6) is 0.207. The zero-order valence-corrected chi connectivity index (χ0v) is 15.0. The van der Waals surface area contributed by atoms with E-state index in [1.807, 2.05) is 20.8 Å². The molecular weight excluding hydrogens is 272 g/mol. The average Bonchev–Trinajstić information content (AvgIpc) is 2.37. The Bertz CT molecular complexity index is 360. The Hall–Kier alpha value is -0.130. The second-order valence-corrected chi connectivity index (χ2v) is 8.85. The smallest absolute Gasteiger partial charge is 0.214 e. The lowest BCUT2D eigenvalue weighted by molar-refractivity contribution is 0.177. The van der Waals surface area contributed by atoms with E-state index in [4.69, 9.17) is 5.73 Å². The molecule has 0 fully saturated rings. The molecule has 0 atom stereocenters. The summed E-state index contributed by atoms with van der Waals surface area (Å²) in [6, 6.07) is 0. The molecule has 0 aromatic rings. The lowest BCUT2D eigenvalue weighted by atomic mass is 9.93. The Morgan fingerprint density at radius 1 is 1.05 bits per heavy atom. The highest BCUT2D eigenvalue weighted by atomic mass is 32.2. The molecule has 0 unspecified atom stereocenters. The van der Waals surface area contributed by atoms with Crippen LogP contribution in [0.4, 0.5) is 0 Å². The Balaban J connectivity index is 5.34. The minimum Gasteiger partial charge on any atom is -0.329 e. The maximum atomic E-state index is 12.8. The first-order valence-electron chi connectivity index (χ1n) is 7.79. The fraction of sp³-hybridized carbons (Fsp3) is 1.00. The van der Waals surface area contributed by atoms with Crippen LogP contribution in [-0.4, -0.2) is 37.1 Å². The summed E-state index contributed by atoms with van der Waals surface area (Å²) >= 11 is 0. The molecule has 0 aliphatic rings. The van der Waals surface area contributed by atoms with Gasteiger partial charge in [-0.25, -0.2) is 8.42 Å². The first-order chi connectivity index (χ1) is 9.08. The second-order valence-electron chi connectivity index (χ2n) is 6.83. The van der Waals surface area contributed by atoms with Gasteiger partial charge in [-0.1, -0.05) is 41.5 Å². The molecule has 5 heteroatoms. The fourth-order valence-corrected chi connectivity index (χ4v) is 4.89. The van der Waals surface area contributed by atoms with Crippen molar-refractivity contribution in [2.75, 3.05) is 18.8 Å². The van der Waals surface area contributed by atoms with Gasteiger partial charge < -0.3 is 5.73 Å².